The molecule has 1 N–H and O–H groups in total. The molecule has 114 valence electrons. The van der Waals surface area contributed by atoms with E-state index in [1.807, 2.05) is 48.7 Å². The average molecular weight is 314 g/mol. The van der Waals surface area contributed by atoms with E-state index in [0.29, 0.717) is 11.2 Å². The van der Waals surface area contributed by atoms with Crippen LogP contribution in [0.15, 0.2) is 48.7 Å². The predicted octanol–water partition coefficient (Wildman–Crippen LogP) is 4.22. The molecular weight excluding hydrogens is 296 g/mol. The van der Waals surface area contributed by atoms with Gasteiger partial charge >= 0.3 is 6.09 Å². The first-order chi connectivity index (χ1) is 10.7. The van der Waals surface area contributed by atoms with E-state index in [9.17, 15) is 4.79 Å². The molecule has 5 heteroatoms. The number of aromatic amines is 1. The van der Waals surface area contributed by atoms with E-state index >= 15 is 0 Å². The van der Waals surface area contributed by atoms with Crippen molar-refractivity contribution in [1.82, 2.24) is 9.88 Å². The fourth-order valence-corrected chi connectivity index (χ4v) is 2.89. The molecule has 0 bridgehead atoms. The standard InChI is InChI=1S/C17H18N2O2S/c20-17(21-12-13-5-2-1-3-6-13)19-10-4-7-15(19)14-8-9-16(22)18-11-14/h1-3,5-6,8-9,11,15H,4,7,10,12H2,(H,18,22). The third-order valence-electron chi connectivity index (χ3n) is 3.89. The van der Waals surface area contributed by atoms with Crippen LogP contribution >= 0.6 is 12.2 Å². The summed E-state index contributed by atoms with van der Waals surface area (Å²) in [4.78, 5) is 17.2. The lowest BCUT2D eigenvalue weighted by atomic mass is 10.1. The smallest absolute Gasteiger partial charge is 0.410 e. The van der Waals surface area contributed by atoms with E-state index in [1.165, 1.54) is 0 Å². The molecule has 4 nitrogen and oxygen atoms in total. The van der Waals surface area contributed by atoms with Gasteiger partial charge in [-0.1, -0.05) is 48.6 Å². The number of H-pyrrole nitrogens is 1. The highest BCUT2D eigenvalue weighted by Crippen LogP contribution is 2.32. The van der Waals surface area contributed by atoms with Gasteiger partial charge in [0.1, 0.15) is 11.2 Å². The highest BCUT2D eigenvalue weighted by Gasteiger charge is 2.31. The van der Waals surface area contributed by atoms with Crippen LogP contribution in [-0.2, 0) is 11.3 Å². The van der Waals surface area contributed by atoms with Crippen molar-refractivity contribution in [1.29, 1.82) is 0 Å². The maximum Gasteiger partial charge on any atom is 0.410 e. The third kappa shape index (κ3) is 3.36. The number of carbonyl (C=O) groups is 1. The zero-order valence-electron chi connectivity index (χ0n) is 12.2. The number of pyridine rings is 1. The van der Waals surface area contributed by atoms with Gasteiger partial charge in [-0.15, -0.1) is 0 Å². The Labute approximate surface area is 134 Å². The van der Waals surface area contributed by atoms with Crippen molar-refractivity contribution in [3.63, 3.8) is 0 Å². The molecule has 0 radical (unpaired) electrons. The molecule has 1 aromatic carbocycles. The lowest BCUT2D eigenvalue weighted by Gasteiger charge is -2.24. The van der Waals surface area contributed by atoms with E-state index < -0.39 is 0 Å². The summed E-state index contributed by atoms with van der Waals surface area (Å²) in [5.74, 6) is 0. The lowest BCUT2D eigenvalue weighted by molar-refractivity contribution is 0.0920. The number of benzene rings is 1. The highest BCUT2D eigenvalue weighted by molar-refractivity contribution is 7.71. The van der Waals surface area contributed by atoms with Crippen LogP contribution in [0.4, 0.5) is 4.79 Å². The molecule has 1 atom stereocenters. The minimum absolute atomic E-state index is 0.0649. The monoisotopic (exact) mass is 314 g/mol. The maximum absolute atomic E-state index is 12.3. The van der Waals surface area contributed by atoms with Crippen molar-refractivity contribution < 1.29 is 9.53 Å². The number of nitrogens with one attached hydrogen (secondary N) is 1. The lowest BCUT2D eigenvalue weighted by Crippen LogP contribution is -2.31. The number of aromatic nitrogens is 1. The first-order valence-electron chi connectivity index (χ1n) is 7.40. The minimum atomic E-state index is -0.256. The van der Waals surface area contributed by atoms with E-state index in [1.54, 1.807) is 4.90 Å². The zero-order chi connectivity index (χ0) is 15.4. The van der Waals surface area contributed by atoms with Gasteiger partial charge < -0.3 is 14.6 Å². The molecule has 0 saturated carbocycles. The quantitative estimate of drug-likeness (QED) is 0.863. The van der Waals surface area contributed by atoms with Crippen LogP contribution in [0.3, 0.4) is 0 Å². The summed E-state index contributed by atoms with van der Waals surface area (Å²) >= 11 is 5.06. The number of carbonyl (C=O) groups excluding carboxylic acids is 1. The summed E-state index contributed by atoms with van der Waals surface area (Å²) < 4.78 is 6.14. The molecule has 0 aliphatic carbocycles. The van der Waals surface area contributed by atoms with E-state index in [-0.39, 0.29) is 12.1 Å². The summed E-state index contributed by atoms with van der Waals surface area (Å²) in [7, 11) is 0. The van der Waals surface area contributed by atoms with Crippen LogP contribution in [0.1, 0.15) is 30.0 Å². The average Bonchev–Trinajstić information content (AvgIpc) is 3.04. The van der Waals surface area contributed by atoms with Crippen LogP contribution in [0.25, 0.3) is 0 Å². The largest absolute Gasteiger partial charge is 0.445 e. The van der Waals surface area contributed by atoms with Crippen LogP contribution < -0.4 is 0 Å². The first kappa shape index (κ1) is 14.8. The number of likely N-dealkylation sites (tertiary alicyclic amines) is 1. The SMILES string of the molecule is O=C(OCc1ccccc1)N1CCCC1c1ccc(=S)[nH]c1. The molecule has 3 rings (SSSR count). The third-order valence-corrected chi connectivity index (χ3v) is 4.14. The Kier molecular flexibility index (Phi) is 4.53. The second-order valence-electron chi connectivity index (χ2n) is 5.38. The summed E-state index contributed by atoms with van der Waals surface area (Å²) in [6.07, 6.45) is 3.57. The molecule has 1 saturated heterocycles. The molecule has 0 spiro atoms. The summed E-state index contributed by atoms with van der Waals surface area (Å²) in [5.41, 5.74) is 2.07. The topological polar surface area (TPSA) is 45.3 Å². The van der Waals surface area contributed by atoms with Gasteiger partial charge in [-0.3, -0.25) is 0 Å². The Bertz CT molecular complexity index is 679. The van der Waals surface area contributed by atoms with Gasteiger partial charge in [0.2, 0.25) is 0 Å². The van der Waals surface area contributed by atoms with Crippen molar-refractivity contribution in [3.8, 4) is 0 Å². The minimum Gasteiger partial charge on any atom is -0.445 e. The molecule has 2 heterocycles. The molecule has 1 aliphatic rings. The van der Waals surface area contributed by atoms with Crippen molar-refractivity contribution in [2.75, 3.05) is 6.54 Å². The number of hydrogen-bond donors (Lipinski definition) is 1. The summed E-state index contributed by atoms with van der Waals surface area (Å²) in [6, 6.07) is 13.6. The molecule has 22 heavy (non-hydrogen) atoms. The second-order valence-corrected chi connectivity index (χ2v) is 5.82. The van der Waals surface area contributed by atoms with Crippen molar-refractivity contribution in [3.05, 3.63) is 64.4 Å². The Morgan fingerprint density at radius 2 is 2.09 bits per heavy atom. The zero-order valence-corrected chi connectivity index (χ0v) is 13.0. The Morgan fingerprint density at radius 1 is 1.27 bits per heavy atom. The number of hydrogen-bond acceptors (Lipinski definition) is 3. The molecule has 1 aliphatic heterocycles. The van der Waals surface area contributed by atoms with Crippen molar-refractivity contribution >= 4 is 18.3 Å². The number of amides is 1. The molecule has 1 unspecified atom stereocenters. The highest BCUT2D eigenvalue weighted by atomic mass is 32.1. The summed E-state index contributed by atoms with van der Waals surface area (Å²) in [6.45, 7) is 1.04. The second kappa shape index (κ2) is 6.75. The normalized spacial score (nSPS) is 17.5. The fourth-order valence-electron chi connectivity index (χ4n) is 2.76. The van der Waals surface area contributed by atoms with Crippen LogP contribution in [0.5, 0.6) is 0 Å². The molecular formula is C17H18N2O2S. The van der Waals surface area contributed by atoms with E-state index in [0.717, 1.165) is 30.5 Å². The number of nitrogens with zero attached hydrogens (tertiary/aromatic N) is 1. The molecule has 1 aromatic heterocycles. The van der Waals surface area contributed by atoms with Gasteiger partial charge in [-0.25, -0.2) is 4.79 Å². The van der Waals surface area contributed by atoms with Gasteiger partial charge in [-0.05, 0) is 30.0 Å². The van der Waals surface area contributed by atoms with Crippen LogP contribution in [-0.4, -0.2) is 22.5 Å². The van der Waals surface area contributed by atoms with Gasteiger partial charge in [0, 0.05) is 12.7 Å². The Hall–Kier alpha value is -2.14. The molecule has 1 amide bonds. The maximum atomic E-state index is 12.3. The van der Waals surface area contributed by atoms with Crippen LogP contribution in [0.2, 0.25) is 0 Å². The summed E-state index contributed by atoms with van der Waals surface area (Å²) in [5, 5.41) is 0. The number of ether oxygens (including phenoxy) is 1. The van der Waals surface area contributed by atoms with E-state index in [2.05, 4.69) is 4.98 Å². The van der Waals surface area contributed by atoms with Crippen molar-refractivity contribution in [2.24, 2.45) is 0 Å². The van der Waals surface area contributed by atoms with Gasteiger partial charge in [-0.2, -0.15) is 0 Å². The van der Waals surface area contributed by atoms with Gasteiger partial charge in [0.05, 0.1) is 6.04 Å². The van der Waals surface area contributed by atoms with E-state index in [4.69, 9.17) is 17.0 Å². The molecule has 1 fully saturated rings. The predicted molar refractivity (Wildman–Crippen MR) is 86.9 cm³/mol. The Balaban J connectivity index is 1.66. The fraction of sp³-hybridized carbons (Fsp3) is 0.294. The van der Waals surface area contributed by atoms with Gasteiger partial charge in [0.25, 0.3) is 0 Å². The first-order valence-corrected chi connectivity index (χ1v) is 7.81. The number of rotatable bonds is 3. The van der Waals surface area contributed by atoms with Gasteiger partial charge in [0.15, 0.2) is 0 Å². The molecule has 2 aromatic rings. The Morgan fingerprint density at radius 3 is 2.82 bits per heavy atom. The van der Waals surface area contributed by atoms with Crippen molar-refractivity contribution in [2.45, 2.75) is 25.5 Å². The van der Waals surface area contributed by atoms with Crippen LogP contribution in [0, 0.1) is 4.64 Å².